The molecule has 6 nitrogen and oxygen atoms in total. The highest BCUT2D eigenvalue weighted by molar-refractivity contribution is 14.1. The van der Waals surface area contributed by atoms with Crippen molar-refractivity contribution in [2.24, 2.45) is 0 Å². The van der Waals surface area contributed by atoms with Crippen molar-refractivity contribution in [2.45, 2.75) is 25.9 Å². The predicted octanol–water partition coefficient (Wildman–Crippen LogP) is 5.35. The molecule has 4 rings (SSSR count). The molecule has 1 saturated heterocycles. The van der Waals surface area contributed by atoms with Gasteiger partial charge in [0, 0.05) is 17.0 Å². The first-order valence-corrected chi connectivity index (χ1v) is 13.1. The standard InChI is InChI=1S/C28H27F3IN3O3/c1-17-3-5-19(6-4-17)11-12-33-14-28(38-18(2)36)15-35(16-28)27(37)21-8-9-22(29)25(31)26(21)34-24-10-7-20(32)13-23(24)30/h3-10,13,33-34H,11-12,14-16H2,1-2H3. The van der Waals surface area contributed by atoms with Crippen LogP contribution in [-0.4, -0.2) is 48.6 Å². The van der Waals surface area contributed by atoms with Crippen LogP contribution in [0.15, 0.2) is 54.6 Å². The Morgan fingerprint density at radius 1 is 1.03 bits per heavy atom. The lowest BCUT2D eigenvalue weighted by Crippen LogP contribution is -2.69. The summed E-state index contributed by atoms with van der Waals surface area (Å²) in [4.78, 5) is 26.5. The highest BCUT2D eigenvalue weighted by Crippen LogP contribution is 2.33. The highest BCUT2D eigenvalue weighted by Gasteiger charge is 2.48. The number of amides is 1. The van der Waals surface area contributed by atoms with E-state index in [0.717, 1.165) is 24.1 Å². The van der Waals surface area contributed by atoms with E-state index in [4.69, 9.17) is 4.74 Å². The third kappa shape index (κ3) is 6.47. The number of likely N-dealkylation sites (tertiary alicyclic amines) is 1. The minimum atomic E-state index is -1.29. The van der Waals surface area contributed by atoms with Gasteiger partial charge in [-0.25, -0.2) is 13.2 Å². The van der Waals surface area contributed by atoms with Crippen molar-refractivity contribution in [1.29, 1.82) is 0 Å². The van der Waals surface area contributed by atoms with Crippen LogP contribution >= 0.6 is 22.6 Å². The monoisotopic (exact) mass is 637 g/mol. The molecule has 1 aliphatic rings. The van der Waals surface area contributed by atoms with Crippen molar-refractivity contribution in [1.82, 2.24) is 10.2 Å². The Hall–Kier alpha value is -3.12. The second-order valence-electron chi connectivity index (χ2n) is 9.38. The number of halogens is 4. The van der Waals surface area contributed by atoms with Crippen LogP contribution in [0.2, 0.25) is 0 Å². The van der Waals surface area contributed by atoms with Gasteiger partial charge in [0.1, 0.15) is 5.82 Å². The number of carbonyl (C=O) groups excluding carboxylic acids is 2. The largest absolute Gasteiger partial charge is 0.454 e. The lowest BCUT2D eigenvalue weighted by atomic mass is 9.92. The fourth-order valence-corrected chi connectivity index (χ4v) is 4.81. The Morgan fingerprint density at radius 2 is 1.74 bits per heavy atom. The van der Waals surface area contributed by atoms with Gasteiger partial charge < -0.3 is 20.3 Å². The minimum Gasteiger partial charge on any atom is -0.454 e. The minimum absolute atomic E-state index is 0.0687. The van der Waals surface area contributed by atoms with E-state index >= 15 is 0 Å². The summed E-state index contributed by atoms with van der Waals surface area (Å²) in [5, 5.41) is 5.82. The summed E-state index contributed by atoms with van der Waals surface area (Å²) in [6.45, 7) is 4.41. The molecule has 38 heavy (non-hydrogen) atoms. The van der Waals surface area contributed by atoms with E-state index in [9.17, 15) is 22.8 Å². The number of benzene rings is 3. The quantitative estimate of drug-likeness (QED) is 0.188. The lowest BCUT2D eigenvalue weighted by molar-refractivity contribution is -0.172. The van der Waals surface area contributed by atoms with Gasteiger partial charge in [-0.15, -0.1) is 0 Å². The van der Waals surface area contributed by atoms with Gasteiger partial charge in [-0.05, 0) is 78.4 Å². The number of ether oxygens (including phenoxy) is 1. The van der Waals surface area contributed by atoms with Crippen LogP contribution in [0, 0.1) is 27.9 Å². The molecule has 0 aromatic heterocycles. The summed E-state index contributed by atoms with van der Waals surface area (Å²) in [6, 6.07) is 14.4. The van der Waals surface area contributed by atoms with Gasteiger partial charge in [0.25, 0.3) is 5.91 Å². The van der Waals surface area contributed by atoms with Gasteiger partial charge in [-0.3, -0.25) is 9.59 Å². The second-order valence-corrected chi connectivity index (χ2v) is 10.6. The van der Waals surface area contributed by atoms with E-state index in [1.807, 2.05) is 41.6 Å². The number of hydrogen-bond donors (Lipinski definition) is 2. The molecule has 3 aromatic carbocycles. The van der Waals surface area contributed by atoms with Gasteiger partial charge in [-0.2, -0.15) is 0 Å². The molecule has 200 valence electrons. The fraction of sp³-hybridized carbons (Fsp3) is 0.286. The van der Waals surface area contributed by atoms with Gasteiger partial charge in [-0.1, -0.05) is 29.8 Å². The van der Waals surface area contributed by atoms with Crippen LogP contribution < -0.4 is 10.6 Å². The Labute approximate surface area is 232 Å². The van der Waals surface area contributed by atoms with Crippen LogP contribution in [0.4, 0.5) is 24.5 Å². The SMILES string of the molecule is CC(=O)OC1(CNCCc2ccc(C)cc2)CN(C(=O)c2ccc(F)c(F)c2Nc2ccc(I)cc2F)C1. The topological polar surface area (TPSA) is 70.7 Å². The number of nitrogens with one attached hydrogen (secondary N) is 2. The fourth-order valence-electron chi connectivity index (χ4n) is 4.36. The third-order valence-corrected chi connectivity index (χ3v) is 6.95. The molecule has 0 bridgehead atoms. The molecular formula is C28H27F3IN3O3. The number of carbonyl (C=O) groups is 2. The van der Waals surface area contributed by atoms with Gasteiger partial charge in [0.15, 0.2) is 17.2 Å². The van der Waals surface area contributed by atoms with Crippen LogP contribution in [0.3, 0.4) is 0 Å². The van der Waals surface area contributed by atoms with E-state index in [1.54, 1.807) is 6.07 Å². The number of anilines is 2. The second kappa shape index (κ2) is 11.7. The molecule has 10 heteroatoms. The molecule has 0 spiro atoms. The molecule has 1 amide bonds. The first-order chi connectivity index (χ1) is 18.1. The molecule has 0 aliphatic carbocycles. The van der Waals surface area contributed by atoms with Crippen LogP contribution in [0.5, 0.6) is 0 Å². The normalized spacial score (nSPS) is 14.1. The number of aryl methyl sites for hydroxylation is 1. The number of hydrogen-bond acceptors (Lipinski definition) is 5. The van der Waals surface area contributed by atoms with Gasteiger partial charge >= 0.3 is 5.97 Å². The van der Waals surface area contributed by atoms with Crippen molar-refractivity contribution in [3.8, 4) is 0 Å². The summed E-state index contributed by atoms with van der Waals surface area (Å²) in [6.07, 6.45) is 0.776. The van der Waals surface area contributed by atoms with Crippen LogP contribution in [0.25, 0.3) is 0 Å². The zero-order valence-electron chi connectivity index (χ0n) is 20.9. The molecule has 1 aliphatic heterocycles. The first-order valence-electron chi connectivity index (χ1n) is 12.0. The van der Waals surface area contributed by atoms with Crippen molar-refractivity contribution < 1.29 is 27.5 Å². The number of nitrogens with zero attached hydrogens (tertiary/aromatic N) is 1. The zero-order valence-corrected chi connectivity index (χ0v) is 23.1. The molecule has 0 radical (unpaired) electrons. The van der Waals surface area contributed by atoms with Gasteiger partial charge in [0.05, 0.1) is 30.0 Å². The maximum atomic E-state index is 14.8. The maximum Gasteiger partial charge on any atom is 0.303 e. The smallest absolute Gasteiger partial charge is 0.303 e. The van der Waals surface area contributed by atoms with E-state index in [0.29, 0.717) is 16.7 Å². The molecule has 1 heterocycles. The summed E-state index contributed by atoms with van der Waals surface area (Å²) in [7, 11) is 0. The van der Waals surface area contributed by atoms with E-state index in [1.165, 1.54) is 29.5 Å². The maximum absolute atomic E-state index is 14.8. The summed E-state index contributed by atoms with van der Waals surface area (Å²) >= 11 is 1.93. The van der Waals surface area contributed by atoms with Crippen molar-refractivity contribution in [2.75, 3.05) is 31.5 Å². The Balaban J connectivity index is 1.45. The average Bonchev–Trinajstić information content (AvgIpc) is 2.84. The van der Waals surface area contributed by atoms with E-state index < -0.39 is 40.6 Å². The molecule has 0 atom stereocenters. The van der Waals surface area contributed by atoms with Crippen molar-refractivity contribution in [3.63, 3.8) is 0 Å². The predicted molar refractivity (Wildman–Crippen MR) is 147 cm³/mol. The highest BCUT2D eigenvalue weighted by atomic mass is 127. The molecule has 2 N–H and O–H groups in total. The third-order valence-electron chi connectivity index (χ3n) is 6.28. The Bertz CT molecular complexity index is 1350. The Kier molecular flexibility index (Phi) is 8.61. The Morgan fingerprint density at radius 3 is 2.39 bits per heavy atom. The molecular weight excluding hydrogens is 610 g/mol. The molecule has 0 saturated carbocycles. The lowest BCUT2D eigenvalue weighted by Gasteiger charge is -2.49. The molecule has 3 aromatic rings. The van der Waals surface area contributed by atoms with E-state index in [2.05, 4.69) is 22.8 Å². The van der Waals surface area contributed by atoms with Crippen LogP contribution in [-0.2, 0) is 16.0 Å². The van der Waals surface area contributed by atoms with Crippen LogP contribution in [0.1, 0.15) is 28.4 Å². The van der Waals surface area contributed by atoms with Crippen molar-refractivity contribution >= 4 is 45.8 Å². The number of esters is 1. The summed E-state index contributed by atoms with van der Waals surface area (Å²) in [5.74, 6) is -4.22. The zero-order chi connectivity index (χ0) is 27.4. The molecule has 1 fully saturated rings. The number of rotatable bonds is 9. The average molecular weight is 637 g/mol. The van der Waals surface area contributed by atoms with E-state index in [-0.39, 0.29) is 24.3 Å². The van der Waals surface area contributed by atoms with Crippen molar-refractivity contribution in [3.05, 3.63) is 92.3 Å². The molecule has 0 unspecified atom stereocenters. The van der Waals surface area contributed by atoms with Gasteiger partial charge in [0.2, 0.25) is 0 Å². The summed E-state index contributed by atoms with van der Waals surface area (Å²) < 4.78 is 49.4. The summed E-state index contributed by atoms with van der Waals surface area (Å²) in [5.41, 5.74) is 0.681. The first kappa shape index (κ1) is 27.9.